The van der Waals surface area contributed by atoms with Gasteiger partial charge >= 0.3 is 0 Å². The molecule has 4 heteroatoms. The Morgan fingerprint density at radius 2 is 2.17 bits per heavy atom. The lowest BCUT2D eigenvalue weighted by molar-refractivity contribution is 0.0738. The number of hydrogen-bond donors (Lipinski definition) is 2. The van der Waals surface area contributed by atoms with E-state index in [0.29, 0.717) is 24.2 Å². The van der Waals surface area contributed by atoms with Crippen molar-refractivity contribution in [2.45, 2.75) is 70.1 Å². The molecule has 4 nitrogen and oxygen atoms in total. The van der Waals surface area contributed by atoms with E-state index in [4.69, 9.17) is 15.3 Å². The second kappa shape index (κ2) is 7.43. The molecular formula is C14H28N2O2. The van der Waals surface area contributed by atoms with Crippen molar-refractivity contribution in [3.8, 4) is 0 Å². The molecule has 2 aliphatic heterocycles. The van der Waals surface area contributed by atoms with E-state index < -0.39 is 0 Å². The highest BCUT2D eigenvalue weighted by Crippen LogP contribution is 2.29. The first kappa shape index (κ1) is 14.3. The van der Waals surface area contributed by atoms with Crippen LogP contribution in [0.3, 0.4) is 0 Å². The van der Waals surface area contributed by atoms with Crippen LogP contribution in [0.1, 0.15) is 51.9 Å². The maximum absolute atomic E-state index is 5.76. The van der Waals surface area contributed by atoms with Crippen LogP contribution in [0.5, 0.6) is 0 Å². The summed E-state index contributed by atoms with van der Waals surface area (Å²) >= 11 is 0. The van der Waals surface area contributed by atoms with Gasteiger partial charge in [-0.3, -0.25) is 11.3 Å². The van der Waals surface area contributed by atoms with E-state index in [0.717, 1.165) is 32.5 Å². The van der Waals surface area contributed by atoms with Gasteiger partial charge in [0, 0.05) is 25.2 Å². The van der Waals surface area contributed by atoms with Gasteiger partial charge in [0.25, 0.3) is 0 Å². The minimum absolute atomic E-state index is 0.397. The average molecular weight is 256 g/mol. The third-order valence-electron chi connectivity index (χ3n) is 4.46. The summed E-state index contributed by atoms with van der Waals surface area (Å²) in [5.74, 6) is 6.31. The smallest absolute Gasteiger partial charge is 0.0616 e. The van der Waals surface area contributed by atoms with Gasteiger partial charge in [0.05, 0.1) is 12.2 Å². The minimum Gasteiger partial charge on any atom is -0.378 e. The summed E-state index contributed by atoms with van der Waals surface area (Å²) in [7, 11) is 0. The van der Waals surface area contributed by atoms with Crippen LogP contribution < -0.4 is 11.3 Å². The highest BCUT2D eigenvalue weighted by atomic mass is 16.5. The number of ether oxygens (including phenoxy) is 2. The van der Waals surface area contributed by atoms with Crippen molar-refractivity contribution >= 4 is 0 Å². The molecule has 4 unspecified atom stereocenters. The van der Waals surface area contributed by atoms with Gasteiger partial charge in [-0.1, -0.05) is 6.92 Å². The molecule has 4 atom stereocenters. The Bertz CT molecular complexity index is 232. The van der Waals surface area contributed by atoms with Gasteiger partial charge in [0.2, 0.25) is 0 Å². The molecule has 0 bridgehead atoms. The lowest BCUT2D eigenvalue weighted by Gasteiger charge is -2.26. The second-order valence-electron chi connectivity index (χ2n) is 5.61. The SMILES string of the molecule is CCC1OCCC1C(CCCC1CCCO1)NN. The first-order valence-corrected chi connectivity index (χ1v) is 7.54. The summed E-state index contributed by atoms with van der Waals surface area (Å²) in [5.41, 5.74) is 3.01. The van der Waals surface area contributed by atoms with Crippen molar-refractivity contribution in [3.63, 3.8) is 0 Å². The Balaban J connectivity index is 1.70. The zero-order valence-electron chi connectivity index (χ0n) is 11.6. The molecule has 0 radical (unpaired) electrons. The largest absolute Gasteiger partial charge is 0.378 e. The molecule has 2 aliphatic rings. The zero-order chi connectivity index (χ0) is 12.8. The van der Waals surface area contributed by atoms with E-state index in [1.165, 1.54) is 25.7 Å². The normalized spacial score (nSPS) is 34.0. The quantitative estimate of drug-likeness (QED) is 0.540. The van der Waals surface area contributed by atoms with Crippen LogP contribution in [0.25, 0.3) is 0 Å². The summed E-state index contributed by atoms with van der Waals surface area (Å²) in [6, 6.07) is 0.402. The maximum atomic E-state index is 5.76. The Labute approximate surface area is 111 Å². The predicted molar refractivity (Wildman–Crippen MR) is 72.1 cm³/mol. The van der Waals surface area contributed by atoms with Crippen LogP contribution in [0.15, 0.2) is 0 Å². The fourth-order valence-electron chi connectivity index (χ4n) is 3.40. The van der Waals surface area contributed by atoms with Gasteiger partial charge in [-0.15, -0.1) is 0 Å². The molecule has 0 aromatic rings. The Morgan fingerprint density at radius 3 is 2.83 bits per heavy atom. The van der Waals surface area contributed by atoms with Gasteiger partial charge in [-0.25, -0.2) is 0 Å². The van der Waals surface area contributed by atoms with Crippen LogP contribution >= 0.6 is 0 Å². The number of nitrogens with one attached hydrogen (secondary N) is 1. The Hall–Kier alpha value is -0.160. The summed E-state index contributed by atoms with van der Waals surface area (Å²) < 4.78 is 11.4. The van der Waals surface area contributed by atoms with E-state index in [2.05, 4.69) is 12.3 Å². The summed E-state index contributed by atoms with van der Waals surface area (Å²) in [6.45, 7) is 4.05. The highest BCUT2D eigenvalue weighted by molar-refractivity contribution is 4.85. The third kappa shape index (κ3) is 3.67. The van der Waals surface area contributed by atoms with Crippen molar-refractivity contribution < 1.29 is 9.47 Å². The first-order valence-electron chi connectivity index (χ1n) is 7.54. The maximum Gasteiger partial charge on any atom is 0.0616 e. The molecule has 0 saturated carbocycles. The molecule has 0 aliphatic carbocycles. The van der Waals surface area contributed by atoms with E-state index in [1.807, 2.05) is 0 Å². The topological polar surface area (TPSA) is 56.5 Å². The minimum atomic E-state index is 0.397. The molecule has 2 saturated heterocycles. The molecule has 2 fully saturated rings. The van der Waals surface area contributed by atoms with Gasteiger partial charge in [-0.2, -0.15) is 0 Å². The van der Waals surface area contributed by atoms with Gasteiger partial charge in [0.1, 0.15) is 0 Å². The van der Waals surface area contributed by atoms with Crippen molar-refractivity contribution in [2.75, 3.05) is 13.2 Å². The van der Waals surface area contributed by atoms with Gasteiger partial charge in [-0.05, 0) is 44.9 Å². The van der Waals surface area contributed by atoms with Crippen molar-refractivity contribution in [1.29, 1.82) is 0 Å². The van der Waals surface area contributed by atoms with E-state index in [1.54, 1.807) is 0 Å². The molecule has 0 aromatic heterocycles. The standard InChI is InChI=1S/C14H28N2O2/c1-2-14-12(8-10-18-14)13(16-15)7-3-5-11-6-4-9-17-11/h11-14,16H,2-10,15H2,1H3. The molecule has 0 aromatic carbocycles. The first-order chi connectivity index (χ1) is 8.85. The molecule has 106 valence electrons. The second-order valence-corrected chi connectivity index (χ2v) is 5.61. The summed E-state index contributed by atoms with van der Waals surface area (Å²) in [6.07, 6.45) is 9.14. The number of nitrogens with two attached hydrogens (primary N) is 1. The highest BCUT2D eigenvalue weighted by Gasteiger charge is 2.32. The van der Waals surface area contributed by atoms with Crippen molar-refractivity contribution in [2.24, 2.45) is 11.8 Å². The van der Waals surface area contributed by atoms with Gasteiger partial charge < -0.3 is 9.47 Å². The molecule has 3 N–H and O–H groups in total. The van der Waals surface area contributed by atoms with Crippen molar-refractivity contribution in [1.82, 2.24) is 5.43 Å². The van der Waals surface area contributed by atoms with Gasteiger partial charge in [0.15, 0.2) is 0 Å². The Kier molecular flexibility index (Phi) is 5.89. The number of hydrogen-bond acceptors (Lipinski definition) is 4. The van der Waals surface area contributed by atoms with Crippen LogP contribution in [0.2, 0.25) is 0 Å². The van der Waals surface area contributed by atoms with Crippen LogP contribution in [0.4, 0.5) is 0 Å². The molecule has 0 spiro atoms. The average Bonchev–Trinajstić information content (AvgIpc) is 3.05. The fourth-order valence-corrected chi connectivity index (χ4v) is 3.40. The van der Waals surface area contributed by atoms with E-state index >= 15 is 0 Å². The molecule has 18 heavy (non-hydrogen) atoms. The van der Waals surface area contributed by atoms with Crippen molar-refractivity contribution in [3.05, 3.63) is 0 Å². The van der Waals surface area contributed by atoms with Crippen LogP contribution in [0, 0.1) is 5.92 Å². The van der Waals surface area contributed by atoms with Crippen LogP contribution in [-0.4, -0.2) is 31.5 Å². The van der Waals surface area contributed by atoms with E-state index in [9.17, 15) is 0 Å². The third-order valence-corrected chi connectivity index (χ3v) is 4.46. The van der Waals surface area contributed by atoms with E-state index in [-0.39, 0.29) is 0 Å². The predicted octanol–water partition coefficient (Wildman–Crippen LogP) is 1.98. The zero-order valence-corrected chi connectivity index (χ0v) is 11.6. The molecule has 2 rings (SSSR count). The summed E-state index contributed by atoms with van der Waals surface area (Å²) in [5, 5.41) is 0. The molecule has 0 amide bonds. The lowest BCUT2D eigenvalue weighted by atomic mass is 9.88. The fraction of sp³-hybridized carbons (Fsp3) is 1.00. The number of hydrazine groups is 1. The summed E-state index contributed by atoms with van der Waals surface area (Å²) in [4.78, 5) is 0. The lowest BCUT2D eigenvalue weighted by Crippen LogP contribution is -2.43. The molecular weight excluding hydrogens is 228 g/mol. The van der Waals surface area contributed by atoms with Crippen LogP contribution in [-0.2, 0) is 9.47 Å². The molecule has 2 heterocycles. The monoisotopic (exact) mass is 256 g/mol. The number of rotatable bonds is 7. The Morgan fingerprint density at radius 1 is 1.28 bits per heavy atom.